The fourth-order valence-electron chi connectivity index (χ4n) is 3.33. The van der Waals surface area contributed by atoms with Gasteiger partial charge in [-0.05, 0) is 56.9 Å². The molecule has 0 radical (unpaired) electrons. The van der Waals surface area contributed by atoms with E-state index in [0.29, 0.717) is 4.90 Å². The Hall–Kier alpha value is -0.840. The van der Waals surface area contributed by atoms with E-state index in [9.17, 15) is 8.42 Å². The van der Waals surface area contributed by atoms with E-state index in [2.05, 4.69) is 32.9 Å². The van der Waals surface area contributed by atoms with Crippen LogP contribution in [0.4, 0.5) is 0 Å². The van der Waals surface area contributed by atoms with Gasteiger partial charge < -0.3 is 16.9 Å². The van der Waals surface area contributed by atoms with Crippen LogP contribution in [0.2, 0.25) is 0 Å². The Balaban J connectivity index is 0.00000676. The van der Waals surface area contributed by atoms with Gasteiger partial charge in [-0.15, -0.1) is 0 Å². The largest absolute Gasteiger partial charge is 1.00 e. The number of rotatable bonds is 13. The highest BCUT2D eigenvalue weighted by molar-refractivity contribution is 7.90. The molecule has 1 rings (SSSR count). The molecule has 27 heavy (non-hydrogen) atoms. The molecule has 1 aromatic carbocycles. The molecule has 1 aromatic rings. The molecule has 0 fully saturated rings. The van der Waals surface area contributed by atoms with Gasteiger partial charge in [-0.1, -0.05) is 44.4 Å². The molecule has 0 atom stereocenters. The van der Waals surface area contributed by atoms with Gasteiger partial charge in [0.05, 0.1) is 31.1 Å². The predicted octanol–water partition coefficient (Wildman–Crippen LogP) is 2.02. The van der Waals surface area contributed by atoms with Crippen LogP contribution in [0.1, 0.15) is 58.4 Å². The summed E-state index contributed by atoms with van der Waals surface area (Å²) in [6.45, 7) is 11.6. The SMILES string of the molecule is CCCCCCC[N+](CC)(CC)CC=CCc1ccc(S(C)(=O)=O)cc1.[Cl-]. The molecule has 0 saturated carbocycles. The van der Waals surface area contributed by atoms with E-state index in [1.165, 1.54) is 58.0 Å². The lowest BCUT2D eigenvalue weighted by Gasteiger charge is -2.36. The van der Waals surface area contributed by atoms with Crippen LogP contribution in [0.25, 0.3) is 0 Å². The second-order valence-electron chi connectivity index (χ2n) is 7.39. The Labute approximate surface area is 173 Å². The van der Waals surface area contributed by atoms with Crippen molar-refractivity contribution in [2.75, 3.05) is 32.4 Å². The van der Waals surface area contributed by atoms with Crippen LogP contribution >= 0.6 is 0 Å². The van der Waals surface area contributed by atoms with E-state index >= 15 is 0 Å². The van der Waals surface area contributed by atoms with E-state index in [-0.39, 0.29) is 12.4 Å². The molecular formula is C22H38ClNO2S. The summed E-state index contributed by atoms with van der Waals surface area (Å²) in [7, 11) is -3.11. The van der Waals surface area contributed by atoms with Gasteiger partial charge in [-0.25, -0.2) is 8.42 Å². The molecular weight excluding hydrogens is 378 g/mol. The number of sulfone groups is 1. The fourth-order valence-corrected chi connectivity index (χ4v) is 3.96. The van der Waals surface area contributed by atoms with Gasteiger partial charge >= 0.3 is 0 Å². The topological polar surface area (TPSA) is 34.1 Å². The van der Waals surface area contributed by atoms with Gasteiger partial charge in [0.25, 0.3) is 0 Å². The Bertz CT molecular complexity index is 635. The van der Waals surface area contributed by atoms with Crippen molar-refractivity contribution in [3.05, 3.63) is 42.0 Å². The number of nitrogens with zero attached hydrogens (tertiary/aromatic N) is 1. The number of benzene rings is 1. The summed E-state index contributed by atoms with van der Waals surface area (Å²) in [5.74, 6) is 0. The van der Waals surface area contributed by atoms with E-state index in [1.54, 1.807) is 12.1 Å². The van der Waals surface area contributed by atoms with Crippen LogP contribution in [0.3, 0.4) is 0 Å². The molecule has 0 N–H and O–H groups in total. The van der Waals surface area contributed by atoms with Gasteiger partial charge in [0.15, 0.2) is 9.84 Å². The predicted molar refractivity (Wildman–Crippen MR) is 112 cm³/mol. The molecule has 3 nitrogen and oxygen atoms in total. The first-order chi connectivity index (χ1) is 12.4. The number of hydrogen-bond acceptors (Lipinski definition) is 2. The number of allylic oxidation sites excluding steroid dienone is 1. The summed E-state index contributed by atoms with van der Waals surface area (Å²) >= 11 is 0. The number of unbranched alkanes of at least 4 members (excludes halogenated alkanes) is 4. The highest BCUT2D eigenvalue weighted by atomic mass is 35.5. The maximum Gasteiger partial charge on any atom is 0.175 e. The zero-order valence-corrected chi connectivity index (χ0v) is 19.2. The highest BCUT2D eigenvalue weighted by Gasteiger charge is 2.20. The van der Waals surface area contributed by atoms with Crippen molar-refractivity contribution in [2.24, 2.45) is 0 Å². The average molecular weight is 416 g/mol. The van der Waals surface area contributed by atoms with E-state index < -0.39 is 9.84 Å². The normalized spacial score (nSPS) is 12.3. The van der Waals surface area contributed by atoms with Crippen molar-refractivity contribution >= 4 is 9.84 Å². The van der Waals surface area contributed by atoms with E-state index in [4.69, 9.17) is 0 Å². The summed E-state index contributed by atoms with van der Waals surface area (Å²) < 4.78 is 24.2. The minimum absolute atomic E-state index is 0. The molecule has 0 heterocycles. The van der Waals surface area contributed by atoms with E-state index in [1.807, 2.05) is 12.1 Å². The molecule has 0 saturated heterocycles. The molecule has 5 heteroatoms. The van der Waals surface area contributed by atoms with Crippen molar-refractivity contribution < 1.29 is 25.3 Å². The van der Waals surface area contributed by atoms with Gasteiger partial charge in [-0.2, -0.15) is 0 Å². The summed E-state index contributed by atoms with van der Waals surface area (Å²) in [5.41, 5.74) is 1.15. The van der Waals surface area contributed by atoms with Crippen molar-refractivity contribution in [1.29, 1.82) is 0 Å². The Morgan fingerprint density at radius 1 is 0.889 bits per heavy atom. The first-order valence-corrected chi connectivity index (χ1v) is 12.0. The molecule has 0 aliphatic heterocycles. The van der Waals surface area contributed by atoms with Gasteiger partial charge in [0.1, 0.15) is 0 Å². The van der Waals surface area contributed by atoms with E-state index in [0.717, 1.165) is 23.0 Å². The minimum Gasteiger partial charge on any atom is -1.00 e. The molecule has 0 spiro atoms. The van der Waals surface area contributed by atoms with Crippen LogP contribution in [-0.4, -0.2) is 45.3 Å². The van der Waals surface area contributed by atoms with Crippen LogP contribution in [0, 0.1) is 0 Å². The lowest BCUT2D eigenvalue weighted by molar-refractivity contribution is -0.919. The molecule has 0 amide bonds. The van der Waals surface area contributed by atoms with Crippen molar-refractivity contribution in [2.45, 2.75) is 64.2 Å². The standard InChI is InChI=1S/C22H38NO2S.ClH/c1-5-8-9-10-12-19-23(6-2,7-3)20-13-11-14-21-15-17-22(18-16-21)26(4,24)25;/h11,13,15-18H,5-10,12,14,19-20H2,1-4H3;1H/q+1;/p-1. The molecule has 0 aliphatic carbocycles. The van der Waals surface area contributed by atoms with Crippen molar-refractivity contribution in [3.63, 3.8) is 0 Å². The smallest absolute Gasteiger partial charge is 0.175 e. The van der Waals surface area contributed by atoms with Gasteiger partial charge in [-0.3, -0.25) is 0 Å². The summed E-state index contributed by atoms with van der Waals surface area (Å²) in [5, 5.41) is 0. The maximum atomic E-state index is 11.5. The summed E-state index contributed by atoms with van der Waals surface area (Å²) in [6.07, 6.45) is 13.3. The highest BCUT2D eigenvalue weighted by Crippen LogP contribution is 2.13. The second kappa shape index (κ2) is 13.4. The van der Waals surface area contributed by atoms with Gasteiger partial charge in [0, 0.05) is 6.26 Å². The first-order valence-electron chi connectivity index (χ1n) is 10.2. The quantitative estimate of drug-likeness (QED) is 0.280. The average Bonchev–Trinajstić information content (AvgIpc) is 2.63. The monoisotopic (exact) mass is 415 g/mol. The number of quaternary nitrogens is 1. The number of likely N-dealkylation sites (N-methyl/N-ethyl adjacent to an activating group) is 1. The molecule has 0 aliphatic rings. The zero-order valence-electron chi connectivity index (χ0n) is 17.6. The minimum atomic E-state index is -3.11. The Kier molecular flexibility index (Phi) is 12.9. The third kappa shape index (κ3) is 9.77. The van der Waals surface area contributed by atoms with Crippen LogP contribution in [0.5, 0.6) is 0 Å². The van der Waals surface area contributed by atoms with Gasteiger partial charge in [0.2, 0.25) is 0 Å². The number of halogens is 1. The van der Waals surface area contributed by atoms with Crippen LogP contribution in [-0.2, 0) is 16.3 Å². The van der Waals surface area contributed by atoms with Crippen molar-refractivity contribution in [1.82, 2.24) is 0 Å². The molecule has 0 unspecified atom stereocenters. The summed E-state index contributed by atoms with van der Waals surface area (Å²) in [4.78, 5) is 0.390. The van der Waals surface area contributed by atoms with Crippen LogP contribution < -0.4 is 12.4 Å². The number of hydrogen-bond donors (Lipinski definition) is 0. The Morgan fingerprint density at radius 3 is 2.00 bits per heavy atom. The third-order valence-electron chi connectivity index (χ3n) is 5.44. The summed E-state index contributed by atoms with van der Waals surface area (Å²) in [6, 6.07) is 7.23. The van der Waals surface area contributed by atoms with Crippen molar-refractivity contribution in [3.8, 4) is 0 Å². The maximum absolute atomic E-state index is 11.5. The molecule has 0 aromatic heterocycles. The fraction of sp³-hybridized carbons (Fsp3) is 0.636. The molecule has 0 bridgehead atoms. The third-order valence-corrected chi connectivity index (χ3v) is 6.57. The lowest BCUT2D eigenvalue weighted by Crippen LogP contribution is -3.00. The zero-order chi connectivity index (χ0) is 19.5. The second-order valence-corrected chi connectivity index (χ2v) is 9.40. The lowest BCUT2D eigenvalue weighted by atomic mass is 10.1. The first kappa shape index (κ1) is 26.2. The van der Waals surface area contributed by atoms with Crippen LogP contribution in [0.15, 0.2) is 41.3 Å². The molecule has 156 valence electrons. The Morgan fingerprint density at radius 2 is 1.48 bits per heavy atom.